The highest BCUT2D eigenvalue weighted by molar-refractivity contribution is 5.86. The van der Waals surface area contributed by atoms with Crippen molar-refractivity contribution in [3.05, 3.63) is 54.3 Å². The number of piperazine rings is 1. The highest BCUT2D eigenvalue weighted by Crippen LogP contribution is 2.29. The molecule has 2 N–H and O–H groups in total. The van der Waals surface area contributed by atoms with E-state index in [4.69, 9.17) is 0 Å². The zero-order valence-electron chi connectivity index (χ0n) is 20.6. The molecule has 3 heterocycles. The highest BCUT2D eigenvalue weighted by atomic mass is 19.1. The van der Waals surface area contributed by atoms with E-state index in [1.165, 1.54) is 50.8 Å². The van der Waals surface area contributed by atoms with Crippen molar-refractivity contribution >= 4 is 16.6 Å². The summed E-state index contributed by atoms with van der Waals surface area (Å²) in [6.07, 6.45) is 2.36. The maximum absolute atomic E-state index is 13.6. The number of halogens is 1. The molecule has 6 heteroatoms. The second kappa shape index (κ2) is 10.5. The molecule has 5 nitrogen and oxygen atoms in total. The lowest BCUT2D eigenvalue weighted by atomic mass is 10.0. The number of benzene rings is 2. The molecule has 0 amide bonds. The Labute approximate surface area is 202 Å². The van der Waals surface area contributed by atoms with Crippen LogP contribution in [-0.4, -0.2) is 79.2 Å². The fourth-order valence-electron chi connectivity index (χ4n) is 5.40. The molecule has 2 fully saturated rings. The third-order valence-electron chi connectivity index (χ3n) is 7.60. The summed E-state index contributed by atoms with van der Waals surface area (Å²) in [5.41, 5.74) is 4.29. The number of nitrogens with one attached hydrogen (secondary N) is 2. The first kappa shape index (κ1) is 23.3. The number of rotatable bonds is 7. The minimum absolute atomic E-state index is 0.208. The van der Waals surface area contributed by atoms with Crippen molar-refractivity contribution in [2.45, 2.75) is 38.8 Å². The van der Waals surface area contributed by atoms with E-state index < -0.39 is 0 Å². The van der Waals surface area contributed by atoms with E-state index in [2.05, 4.69) is 69.2 Å². The molecule has 3 aromatic rings. The van der Waals surface area contributed by atoms with Crippen LogP contribution in [0, 0.1) is 5.82 Å². The van der Waals surface area contributed by atoms with Crippen LogP contribution in [-0.2, 0) is 0 Å². The molecule has 5 rings (SSSR count). The van der Waals surface area contributed by atoms with Crippen molar-refractivity contribution in [1.29, 1.82) is 0 Å². The number of H-pyrrole nitrogens is 1. The Morgan fingerprint density at radius 1 is 0.971 bits per heavy atom. The van der Waals surface area contributed by atoms with Gasteiger partial charge in [-0.3, -0.25) is 9.80 Å². The number of fused-ring (bicyclic) bond motifs is 1. The second-order valence-corrected chi connectivity index (χ2v) is 10.2. The summed E-state index contributed by atoms with van der Waals surface area (Å²) < 4.78 is 13.6. The van der Waals surface area contributed by atoms with Crippen molar-refractivity contribution in [2.24, 2.45) is 0 Å². The predicted molar refractivity (Wildman–Crippen MR) is 140 cm³/mol. The van der Waals surface area contributed by atoms with Crippen molar-refractivity contribution in [2.75, 3.05) is 57.3 Å². The molecule has 0 saturated carbocycles. The molecule has 0 atom stereocenters. The van der Waals surface area contributed by atoms with Crippen LogP contribution in [0.2, 0.25) is 0 Å². The number of hydrogen-bond acceptors (Lipinski definition) is 4. The van der Waals surface area contributed by atoms with Crippen molar-refractivity contribution in [1.82, 2.24) is 20.1 Å². The molecule has 34 heavy (non-hydrogen) atoms. The lowest BCUT2D eigenvalue weighted by molar-refractivity contribution is 0.108. The minimum Gasteiger partial charge on any atom is -0.371 e. The summed E-state index contributed by atoms with van der Waals surface area (Å²) in [5.74, 6) is -0.208. The average molecular weight is 464 g/mol. The maximum atomic E-state index is 13.6. The molecule has 2 aliphatic rings. The molecule has 0 radical (unpaired) electrons. The fraction of sp³-hybridized carbons (Fsp3) is 0.500. The van der Waals surface area contributed by atoms with E-state index in [1.807, 2.05) is 6.07 Å². The van der Waals surface area contributed by atoms with Crippen LogP contribution < -0.4 is 10.2 Å². The van der Waals surface area contributed by atoms with Crippen LogP contribution >= 0.6 is 0 Å². The Morgan fingerprint density at radius 3 is 2.53 bits per heavy atom. The SMILES string of the molecule is CC(C)N1CCN(CCNC2CCN(c3cccc(-c4cc5ccc(F)cc5[nH]4)c3)CC2)CC1. The van der Waals surface area contributed by atoms with Gasteiger partial charge in [-0.2, -0.15) is 0 Å². The molecule has 2 saturated heterocycles. The van der Waals surface area contributed by atoms with E-state index in [0.29, 0.717) is 12.1 Å². The Hall–Kier alpha value is -2.41. The Balaban J connectivity index is 1.10. The van der Waals surface area contributed by atoms with Gasteiger partial charge in [-0.15, -0.1) is 0 Å². The Morgan fingerprint density at radius 2 is 1.76 bits per heavy atom. The van der Waals surface area contributed by atoms with Gasteiger partial charge in [0, 0.05) is 86.7 Å². The molecule has 2 aromatic carbocycles. The van der Waals surface area contributed by atoms with Gasteiger partial charge in [0.05, 0.1) is 0 Å². The molecule has 182 valence electrons. The summed E-state index contributed by atoms with van der Waals surface area (Å²) in [6.45, 7) is 13.8. The smallest absolute Gasteiger partial charge is 0.125 e. The number of nitrogens with zero attached hydrogens (tertiary/aromatic N) is 3. The van der Waals surface area contributed by atoms with Gasteiger partial charge in [0.2, 0.25) is 0 Å². The van der Waals surface area contributed by atoms with E-state index in [-0.39, 0.29) is 5.82 Å². The van der Waals surface area contributed by atoms with Gasteiger partial charge < -0.3 is 15.2 Å². The maximum Gasteiger partial charge on any atom is 0.125 e. The van der Waals surface area contributed by atoms with Gasteiger partial charge in [0.1, 0.15) is 5.82 Å². The molecular formula is C28H38FN5. The third kappa shape index (κ3) is 5.45. The Kier molecular flexibility index (Phi) is 7.18. The van der Waals surface area contributed by atoms with Crippen LogP contribution in [0.4, 0.5) is 10.1 Å². The lowest BCUT2D eigenvalue weighted by Crippen LogP contribution is -2.51. The number of aromatic nitrogens is 1. The van der Waals surface area contributed by atoms with Crippen LogP contribution in [0.15, 0.2) is 48.5 Å². The van der Waals surface area contributed by atoms with Crippen LogP contribution in [0.5, 0.6) is 0 Å². The molecule has 1 aromatic heterocycles. The lowest BCUT2D eigenvalue weighted by Gasteiger charge is -2.37. The van der Waals surface area contributed by atoms with Crippen molar-refractivity contribution in [3.63, 3.8) is 0 Å². The third-order valence-corrected chi connectivity index (χ3v) is 7.60. The van der Waals surface area contributed by atoms with Crippen LogP contribution in [0.25, 0.3) is 22.2 Å². The number of anilines is 1. The van der Waals surface area contributed by atoms with Gasteiger partial charge >= 0.3 is 0 Å². The summed E-state index contributed by atoms with van der Waals surface area (Å²) in [6, 6.07) is 17.0. The molecule has 0 bridgehead atoms. The first-order chi connectivity index (χ1) is 16.5. The van der Waals surface area contributed by atoms with Crippen LogP contribution in [0.1, 0.15) is 26.7 Å². The molecule has 2 aliphatic heterocycles. The average Bonchev–Trinajstić information content (AvgIpc) is 3.28. The van der Waals surface area contributed by atoms with Crippen molar-refractivity contribution < 1.29 is 4.39 Å². The van der Waals surface area contributed by atoms with Crippen molar-refractivity contribution in [3.8, 4) is 11.3 Å². The molecule has 0 unspecified atom stereocenters. The summed E-state index contributed by atoms with van der Waals surface area (Å²) >= 11 is 0. The molecule has 0 spiro atoms. The highest BCUT2D eigenvalue weighted by Gasteiger charge is 2.21. The topological polar surface area (TPSA) is 37.5 Å². The van der Waals surface area contributed by atoms with Gasteiger partial charge in [-0.1, -0.05) is 12.1 Å². The zero-order chi connectivity index (χ0) is 23.5. The predicted octanol–water partition coefficient (Wildman–Crippen LogP) is 4.56. The van der Waals surface area contributed by atoms with E-state index in [1.54, 1.807) is 6.07 Å². The van der Waals surface area contributed by atoms with Crippen LogP contribution in [0.3, 0.4) is 0 Å². The first-order valence-electron chi connectivity index (χ1n) is 12.9. The van der Waals surface area contributed by atoms with E-state index in [9.17, 15) is 4.39 Å². The summed E-state index contributed by atoms with van der Waals surface area (Å²) in [4.78, 5) is 11.0. The van der Waals surface area contributed by atoms with Gasteiger partial charge in [-0.25, -0.2) is 4.39 Å². The standard InChI is InChI=1S/C28H38FN5/c1-21(2)33-16-14-32(15-17-33)13-10-30-25-8-11-34(12-9-25)26-5-3-4-22(18-26)27-19-23-6-7-24(29)20-28(23)31-27/h3-7,18-21,25,30-31H,8-17H2,1-2H3. The second-order valence-electron chi connectivity index (χ2n) is 10.2. The quantitative estimate of drug-likeness (QED) is 0.539. The molecule has 0 aliphatic carbocycles. The van der Waals surface area contributed by atoms with Gasteiger partial charge in [-0.05, 0) is 68.7 Å². The first-order valence-corrected chi connectivity index (χ1v) is 12.9. The number of piperidine rings is 1. The minimum atomic E-state index is -0.208. The van der Waals surface area contributed by atoms with E-state index >= 15 is 0 Å². The summed E-state index contributed by atoms with van der Waals surface area (Å²) in [5, 5.41) is 4.85. The molecular weight excluding hydrogens is 425 g/mol. The van der Waals surface area contributed by atoms with Gasteiger partial charge in [0.15, 0.2) is 0 Å². The number of hydrogen-bond donors (Lipinski definition) is 2. The number of aromatic amines is 1. The largest absolute Gasteiger partial charge is 0.371 e. The monoisotopic (exact) mass is 463 g/mol. The summed E-state index contributed by atoms with van der Waals surface area (Å²) in [7, 11) is 0. The zero-order valence-corrected chi connectivity index (χ0v) is 20.6. The Bertz CT molecular complexity index is 1080. The fourth-order valence-corrected chi connectivity index (χ4v) is 5.40. The normalized spacial score (nSPS) is 18.9. The van der Waals surface area contributed by atoms with Gasteiger partial charge in [0.25, 0.3) is 0 Å². The van der Waals surface area contributed by atoms with E-state index in [0.717, 1.165) is 48.3 Å².